The number of nitrogens with zero attached hydrogens (tertiary/aromatic N) is 2. The predicted molar refractivity (Wildman–Crippen MR) is 105 cm³/mol. The third-order valence-corrected chi connectivity index (χ3v) is 5.45. The Hall–Kier alpha value is -2.96. The molecule has 3 heterocycles. The molecule has 2 amide bonds. The first-order chi connectivity index (χ1) is 13.0. The van der Waals surface area contributed by atoms with Gasteiger partial charge in [-0.25, -0.2) is 14.2 Å². The highest BCUT2D eigenvalue weighted by Gasteiger charge is 2.44. The minimum absolute atomic E-state index is 0. The van der Waals surface area contributed by atoms with Crippen LogP contribution in [0.2, 0.25) is 0 Å². The minimum atomic E-state index is -0.466. The van der Waals surface area contributed by atoms with Crippen molar-refractivity contribution < 1.29 is 10.6 Å². The highest BCUT2D eigenvalue weighted by atomic mass is 19.1. The fourth-order valence-electron chi connectivity index (χ4n) is 3.95. The number of amidine groups is 1. The molecule has 27 heavy (non-hydrogen) atoms. The Morgan fingerprint density at radius 2 is 2.22 bits per heavy atom. The van der Waals surface area contributed by atoms with Gasteiger partial charge < -0.3 is 15.2 Å². The average molecular weight is 369 g/mol. The number of halogens is 1. The van der Waals surface area contributed by atoms with Crippen molar-refractivity contribution in [2.45, 2.75) is 44.7 Å². The standard InChI is InChI=1S/C20H22FN5O.H2/c1-12-17(19(22)24-11-13-4-3-7-23-13)8-14(9-18(12)21)25-20(27)26-15-5-2-6-16(26)10-15;/h3-4,7-9,11,15-16,22-23H,2,5-6,10H2,1H3,(H,25,27);1H. The van der Waals surface area contributed by atoms with Gasteiger partial charge in [0.1, 0.15) is 5.82 Å². The van der Waals surface area contributed by atoms with Gasteiger partial charge in [-0.05, 0) is 62.4 Å². The number of aromatic amines is 1. The van der Waals surface area contributed by atoms with Gasteiger partial charge in [0.15, 0.2) is 5.84 Å². The number of amides is 2. The summed E-state index contributed by atoms with van der Waals surface area (Å²) in [7, 11) is 0. The van der Waals surface area contributed by atoms with E-state index in [0.29, 0.717) is 28.9 Å². The Bertz CT molecular complexity index is 898. The van der Waals surface area contributed by atoms with Gasteiger partial charge in [0.2, 0.25) is 0 Å². The second kappa shape index (κ2) is 6.98. The van der Waals surface area contributed by atoms with E-state index in [0.717, 1.165) is 25.0 Å². The minimum Gasteiger partial charge on any atom is -0.360 e. The van der Waals surface area contributed by atoms with Crippen LogP contribution in [0, 0.1) is 18.2 Å². The number of aliphatic imine (C=N–C) groups is 1. The molecule has 2 fully saturated rings. The summed E-state index contributed by atoms with van der Waals surface area (Å²) >= 11 is 0. The number of carbonyl (C=O) groups is 1. The molecule has 4 rings (SSSR count). The van der Waals surface area contributed by atoms with Crippen LogP contribution in [0.5, 0.6) is 0 Å². The molecule has 7 heteroatoms. The molecule has 3 N–H and O–H groups in total. The van der Waals surface area contributed by atoms with Crippen molar-refractivity contribution >= 4 is 23.8 Å². The van der Waals surface area contributed by atoms with Gasteiger partial charge in [-0.3, -0.25) is 5.41 Å². The van der Waals surface area contributed by atoms with Crippen LogP contribution in [0.15, 0.2) is 35.5 Å². The molecular weight excluding hydrogens is 345 g/mol. The number of fused-ring (bicyclic) bond motifs is 2. The Morgan fingerprint density at radius 3 is 2.89 bits per heavy atom. The number of nitrogens with one attached hydrogen (secondary N) is 3. The first-order valence-corrected chi connectivity index (χ1v) is 9.19. The van der Waals surface area contributed by atoms with E-state index in [1.165, 1.54) is 18.7 Å². The fourth-order valence-corrected chi connectivity index (χ4v) is 3.95. The van der Waals surface area contributed by atoms with Crippen LogP contribution in [0.25, 0.3) is 0 Å². The number of H-pyrrole nitrogens is 1. The van der Waals surface area contributed by atoms with E-state index in [9.17, 15) is 9.18 Å². The SMILES string of the molecule is Cc1c(F)cc(NC(=O)N2C3CCCC2C3)cc1C(=N)N=Cc1ccc[nH]1.[HH]. The number of carbonyl (C=O) groups excluding carboxylic acids is 1. The number of hydrogen-bond acceptors (Lipinski definition) is 2. The molecule has 142 valence electrons. The monoisotopic (exact) mass is 369 g/mol. The molecule has 2 aliphatic heterocycles. The summed E-state index contributed by atoms with van der Waals surface area (Å²) in [5.74, 6) is -0.524. The van der Waals surface area contributed by atoms with Crippen molar-refractivity contribution in [3.05, 3.63) is 53.1 Å². The zero-order valence-corrected chi connectivity index (χ0v) is 15.1. The number of hydrogen-bond donors (Lipinski definition) is 3. The maximum atomic E-state index is 14.4. The number of piperidine rings is 1. The van der Waals surface area contributed by atoms with E-state index >= 15 is 0 Å². The maximum absolute atomic E-state index is 14.4. The quantitative estimate of drug-likeness (QED) is 0.546. The molecule has 6 nitrogen and oxygen atoms in total. The Morgan fingerprint density at radius 1 is 1.44 bits per heavy atom. The number of benzene rings is 1. The first kappa shape index (κ1) is 17.5. The first-order valence-electron chi connectivity index (χ1n) is 9.19. The van der Waals surface area contributed by atoms with E-state index in [2.05, 4.69) is 15.3 Å². The molecule has 0 spiro atoms. The maximum Gasteiger partial charge on any atom is 0.322 e. The van der Waals surface area contributed by atoms with E-state index in [4.69, 9.17) is 5.41 Å². The highest BCUT2D eigenvalue weighted by molar-refractivity contribution is 6.05. The molecule has 0 aliphatic carbocycles. The summed E-state index contributed by atoms with van der Waals surface area (Å²) in [4.78, 5) is 21.5. The number of anilines is 1. The molecule has 2 aromatic rings. The zero-order valence-electron chi connectivity index (χ0n) is 15.1. The number of rotatable bonds is 3. The van der Waals surface area contributed by atoms with Crippen LogP contribution in [0.3, 0.4) is 0 Å². The lowest BCUT2D eigenvalue weighted by Gasteiger charge is -2.52. The fraction of sp³-hybridized carbons (Fsp3) is 0.350. The Balaban J connectivity index is 0.00000225. The molecule has 1 aromatic carbocycles. The Labute approximate surface area is 158 Å². The number of urea groups is 1. The lowest BCUT2D eigenvalue weighted by Crippen LogP contribution is -2.62. The topological polar surface area (TPSA) is 84.3 Å². The van der Waals surface area contributed by atoms with E-state index < -0.39 is 5.82 Å². The molecule has 0 radical (unpaired) electrons. The van der Waals surface area contributed by atoms with Gasteiger partial charge in [0, 0.05) is 31.0 Å². The lowest BCUT2D eigenvalue weighted by molar-refractivity contribution is 0.0173. The normalized spacial score (nSPS) is 21.2. The van der Waals surface area contributed by atoms with Crippen molar-refractivity contribution in [2.75, 3.05) is 5.32 Å². The molecule has 2 atom stereocenters. The summed E-state index contributed by atoms with van der Waals surface area (Å²) < 4.78 is 14.4. The van der Waals surface area contributed by atoms with Crippen LogP contribution >= 0.6 is 0 Å². The third-order valence-electron chi connectivity index (χ3n) is 5.45. The van der Waals surface area contributed by atoms with Gasteiger partial charge >= 0.3 is 6.03 Å². The summed E-state index contributed by atoms with van der Waals surface area (Å²) in [5, 5.41) is 11.0. The zero-order chi connectivity index (χ0) is 19.0. The molecule has 2 aliphatic rings. The van der Waals surface area contributed by atoms with Crippen molar-refractivity contribution in [3.8, 4) is 0 Å². The van der Waals surface area contributed by atoms with Crippen molar-refractivity contribution in [1.29, 1.82) is 5.41 Å². The van der Waals surface area contributed by atoms with Gasteiger partial charge in [-0.15, -0.1) is 0 Å². The van der Waals surface area contributed by atoms with Crippen LogP contribution in [0.4, 0.5) is 14.9 Å². The lowest BCUT2D eigenvalue weighted by atomic mass is 9.80. The third kappa shape index (κ3) is 3.37. The number of aromatic nitrogens is 1. The summed E-state index contributed by atoms with van der Waals surface area (Å²) in [6, 6.07) is 6.99. The van der Waals surface area contributed by atoms with Crippen LogP contribution in [0.1, 0.15) is 43.9 Å². The van der Waals surface area contributed by atoms with Crippen molar-refractivity contribution in [1.82, 2.24) is 9.88 Å². The van der Waals surface area contributed by atoms with E-state index in [-0.39, 0.29) is 13.3 Å². The predicted octanol–water partition coefficient (Wildman–Crippen LogP) is 4.31. The largest absolute Gasteiger partial charge is 0.360 e. The van der Waals surface area contributed by atoms with E-state index in [1.54, 1.807) is 19.2 Å². The second-order valence-electron chi connectivity index (χ2n) is 7.17. The molecule has 0 saturated carbocycles. The van der Waals surface area contributed by atoms with Crippen molar-refractivity contribution in [2.24, 2.45) is 4.99 Å². The summed E-state index contributed by atoms with van der Waals surface area (Å²) in [6.07, 6.45) is 7.59. The van der Waals surface area contributed by atoms with Gasteiger partial charge in [-0.2, -0.15) is 0 Å². The summed E-state index contributed by atoms with van der Waals surface area (Å²) in [6.45, 7) is 1.61. The molecule has 2 bridgehead atoms. The van der Waals surface area contributed by atoms with Crippen molar-refractivity contribution in [3.63, 3.8) is 0 Å². The van der Waals surface area contributed by atoms with E-state index in [1.807, 2.05) is 17.0 Å². The van der Waals surface area contributed by atoms with Gasteiger partial charge in [0.05, 0.1) is 11.9 Å². The summed E-state index contributed by atoms with van der Waals surface area (Å²) in [5.41, 5.74) is 1.80. The van der Waals surface area contributed by atoms with Gasteiger partial charge in [-0.1, -0.05) is 0 Å². The molecule has 1 aromatic heterocycles. The smallest absolute Gasteiger partial charge is 0.322 e. The second-order valence-corrected chi connectivity index (χ2v) is 7.17. The average Bonchev–Trinajstić information content (AvgIpc) is 3.16. The van der Waals surface area contributed by atoms with Crippen LogP contribution in [-0.2, 0) is 0 Å². The molecule has 2 unspecified atom stereocenters. The van der Waals surface area contributed by atoms with Crippen LogP contribution in [-0.4, -0.2) is 40.0 Å². The van der Waals surface area contributed by atoms with Crippen LogP contribution < -0.4 is 5.32 Å². The molecular formula is C20H24FN5O. The highest BCUT2D eigenvalue weighted by Crippen LogP contribution is 2.38. The Kier molecular flexibility index (Phi) is 4.51. The molecule has 2 saturated heterocycles. The van der Waals surface area contributed by atoms with Gasteiger partial charge in [0.25, 0.3) is 0 Å².